The molecule has 0 aromatic carbocycles. The molecule has 1 amide bonds. The zero-order valence-corrected chi connectivity index (χ0v) is 7.39. The van der Waals surface area contributed by atoms with Crippen molar-refractivity contribution in [3.63, 3.8) is 0 Å². The fraction of sp³-hybridized carbons (Fsp3) is 0.667. The van der Waals surface area contributed by atoms with Gasteiger partial charge in [-0.1, -0.05) is 25.8 Å². The van der Waals surface area contributed by atoms with Crippen molar-refractivity contribution in [1.82, 2.24) is 5.32 Å². The third kappa shape index (κ3) is 5.64. The van der Waals surface area contributed by atoms with Crippen molar-refractivity contribution in [2.75, 3.05) is 0 Å². The molecular formula is C9H17NO. The van der Waals surface area contributed by atoms with Crippen LogP contribution in [0, 0.1) is 0 Å². The molecule has 0 saturated carbocycles. The second-order valence-corrected chi connectivity index (χ2v) is 2.54. The second-order valence-electron chi connectivity index (χ2n) is 2.54. The SMILES string of the molecule is CCCCC(=CNC=O)CC. The molecule has 0 aliphatic heterocycles. The molecule has 0 rings (SSSR count). The maximum atomic E-state index is 9.94. The summed E-state index contributed by atoms with van der Waals surface area (Å²) in [5.41, 5.74) is 1.32. The molecule has 0 spiro atoms. The van der Waals surface area contributed by atoms with Crippen LogP contribution in [-0.4, -0.2) is 6.41 Å². The topological polar surface area (TPSA) is 29.1 Å². The number of hydrogen-bond acceptors (Lipinski definition) is 1. The predicted molar refractivity (Wildman–Crippen MR) is 47.1 cm³/mol. The summed E-state index contributed by atoms with van der Waals surface area (Å²) in [5, 5.41) is 2.57. The van der Waals surface area contributed by atoms with Crippen molar-refractivity contribution in [3.8, 4) is 0 Å². The minimum absolute atomic E-state index is 0.710. The summed E-state index contributed by atoms with van der Waals surface area (Å²) in [4.78, 5) is 9.94. The lowest BCUT2D eigenvalue weighted by Gasteiger charge is -2.01. The average molecular weight is 155 g/mol. The van der Waals surface area contributed by atoms with E-state index in [0.717, 1.165) is 12.8 Å². The largest absolute Gasteiger partial charge is 0.335 e. The number of carbonyl (C=O) groups excluding carboxylic acids is 1. The number of rotatable bonds is 6. The molecule has 0 aliphatic carbocycles. The summed E-state index contributed by atoms with van der Waals surface area (Å²) in [6.45, 7) is 4.27. The lowest BCUT2D eigenvalue weighted by molar-refractivity contribution is -0.108. The quantitative estimate of drug-likeness (QED) is 0.585. The van der Waals surface area contributed by atoms with Crippen LogP contribution in [0.15, 0.2) is 11.8 Å². The minimum Gasteiger partial charge on any atom is -0.335 e. The van der Waals surface area contributed by atoms with E-state index in [9.17, 15) is 4.79 Å². The van der Waals surface area contributed by atoms with Crippen LogP contribution >= 0.6 is 0 Å². The van der Waals surface area contributed by atoms with Gasteiger partial charge >= 0.3 is 0 Å². The zero-order valence-electron chi connectivity index (χ0n) is 7.39. The van der Waals surface area contributed by atoms with Crippen LogP contribution in [-0.2, 0) is 4.79 Å². The molecule has 0 radical (unpaired) electrons. The first-order chi connectivity index (χ1) is 5.35. The molecular weight excluding hydrogens is 138 g/mol. The molecule has 0 atom stereocenters. The Morgan fingerprint density at radius 3 is 2.64 bits per heavy atom. The van der Waals surface area contributed by atoms with E-state index in [4.69, 9.17) is 0 Å². The van der Waals surface area contributed by atoms with E-state index in [2.05, 4.69) is 19.2 Å². The van der Waals surface area contributed by atoms with Gasteiger partial charge in [0.05, 0.1) is 0 Å². The van der Waals surface area contributed by atoms with Crippen LogP contribution in [0.1, 0.15) is 39.5 Å². The van der Waals surface area contributed by atoms with Crippen molar-refractivity contribution in [2.24, 2.45) is 0 Å². The van der Waals surface area contributed by atoms with Crippen LogP contribution in [0.3, 0.4) is 0 Å². The minimum atomic E-state index is 0.710. The van der Waals surface area contributed by atoms with Crippen molar-refractivity contribution in [2.45, 2.75) is 39.5 Å². The molecule has 64 valence electrons. The zero-order chi connectivity index (χ0) is 8.53. The van der Waals surface area contributed by atoms with Gasteiger partial charge in [0, 0.05) is 6.20 Å². The Balaban J connectivity index is 3.63. The smallest absolute Gasteiger partial charge is 0.211 e. The van der Waals surface area contributed by atoms with Gasteiger partial charge in [0.2, 0.25) is 6.41 Å². The maximum absolute atomic E-state index is 9.94. The van der Waals surface area contributed by atoms with Crippen LogP contribution < -0.4 is 5.32 Å². The third-order valence-electron chi connectivity index (χ3n) is 1.66. The highest BCUT2D eigenvalue weighted by Crippen LogP contribution is 2.09. The number of nitrogens with one attached hydrogen (secondary N) is 1. The van der Waals surface area contributed by atoms with Crippen molar-refractivity contribution in [3.05, 3.63) is 11.8 Å². The number of amides is 1. The van der Waals surface area contributed by atoms with Gasteiger partial charge in [0.1, 0.15) is 0 Å². The Kier molecular flexibility index (Phi) is 6.79. The number of allylic oxidation sites excluding steroid dienone is 1. The van der Waals surface area contributed by atoms with E-state index in [1.807, 2.05) is 6.20 Å². The van der Waals surface area contributed by atoms with Gasteiger partial charge in [-0.3, -0.25) is 4.79 Å². The Bertz CT molecular complexity index is 130. The van der Waals surface area contributed by atoms with E-state index >= 15 is 0 Å². The highest BCUT2D eigenvalue weighted by atomic mass is 16.1. The van der Waals surface area contributed by atoms with Gasteiger partial charge in [-0.15, -0.1) is 0 Å². The molecule has 0 unspecified atom stereocenters. The Morgan fingerprint density at radius 1 is 1.45 bits per heavy atom. The molecule has 0 heterocycles. The first kappa shape index (κ1) is 10.2. The lowest BCUT2D eigenvalue weighted by Crippen LogP contribution is -2.01. The normalized spacial score (nSPS) is 11.3. The summed E-state index contributed by atoms with van der Waals surface area (Å²) in [7, 11) is 0. The second kappa shape index (κ2) is 7.32. The fourth-order valence-corrected chi connectivity index (χ4v) is 0.907. The van der Waals surface area contributed by atoms with Crippen LogP contribution in [0.4, 0.5) is 0 Å². The molecule has 0 bridgehead atoms. The number of hydrogen-bond donors (Lipinski definition) is 1. The first-order valence-corrected chi connectivity index (χ1v) is 4.22. The molecule has 0 aliphatic rings. The molecule has 0 saturated heterocycles. The van der Waals surface area contributed by atoms with E-state index in [1.54, 1.807) is 0 Å². The van der Waals surface area contributed by atoms with Gasteiger partial charge in [-0.05, 0) is 19.3 Å². The molecule has 0 fully saturated rings. The van der Waals surface area contributed by atoms with Crippen molar-refractivity contribution >= 4 is 6.41 Å². The molecule has 0 aromatic rings. The molecule has 0 aromatic heterocycles. The van der Waals surface area contributed by atoms with Crippen molar-refractivity contribution < 1.29 is 4.79 Å². The van der Waals surface area contributed by atoms with E-state index in [0.29, 0.717) is 6.41 Å². The highest BCUT2D eigenvalue weighted by molar-refractivity contribution is 5.48. The molecule has 1 N–H and O–H groups in total. The van der Waals surface area contributed by atoms with Gasteiger partial charge in [-0.2, -0.15) is 0 Å². The van der Waals surface area contributed by atoms with Gasteiger partial charge in [0.25, 0.3) is 0 Å². The lowest BCUT2D eigenvalue weighted by atomic mass is 10.1. The standard InChI is InChI=1S/C9H17NO/c1-3-5-6-9(4-2)7-10-8-11/h7-8H,3-6H2,1-2H3,(H,10,11). The summed E-state index contributed by atoms with van der Waals surface area (Å²) in [6, 6.07) is 0. The Morgan fingerprint density at radius 2 is 2.18 bits per heavy atom. The van der Waals surface area contributed by atoms with E-state index < -0.39 is 0 Å². The van der Waals surface area contributed by atoms with Crippen molar-refractivity contribution in [1.29, 1.82) is 0 Å². The van der Waals surface area contributed by atoms with Gasteiger partial charge in [0.15, 0.2) is 0 Å². The maximum Gasteiger partial charge on any atom is 0.211 e. The number of unbranched alkanes of at least 4 members (excludes halogenated alkanes) is 1. The summed E-state index contributed by atoms with van der Waals surface area (Å²) < 4.78 is 0. The van der Waals surface area contributed by atoms with Crippen LogP contribution in [0.2, 0.25) is 0 Å². The molecule has 11 heavy (non-hydrogen) atoms. The predicted octanol–water partition coefficient (Wildman–Crippen LogP) is 2.22. The molecule has 2 heteroatoms. The van der Waals surface area contributed by atoms with E-state index in [1.165, 1.54) is 18.4 Å². The Labute approximate surface area is 68.7 Å². The molecule has 2 nitrogen and oxygen atoms in total. The van der Waals surface area contributed by atoms with Crippen LogP contribution in [0.5, 0.6) is 0 Å². The monoisotopic (exact) mass is 155 g/mol. The summed E-state index contributed by atoms with van der Waals surface area (Å²) >= 11 is 0. The summed E-state index contributed by atoms with van der Waals surface area (Å²) in [5.74, 6) is 0. The highest BCUT2D eigenvalue weighted by Gasteiger charge is 1.91. The van der Waals surface area contributed by atoms with Gasteiger partial charge < -0.3 is 5.32 Å². The van der Waals surface area contributed by atoms with Crippen LogP contribution in [0.25, 0.3) is 0 Å². The Hall–Kier alpha value is -0.790. The first-order valence-electron chi connectivity index (χ1n) is 4.22. The number of carbonyl (C=O) groups is 1. The van der Waals surface area contributed by atoms with E-state index in [-0.39, 0.29) is 0 Å². The summed E-state index contributed by atoms with van der Waals surface area (Å²) in [6.07, 6.45) is 7.07. The third-order valence-corrected chi connectivity index (χ3v) is 1.66. The van der Waals surface area contributed by atoms with Gasteiger partial charge in [-0.25, -0.2) is 0 Å². The average Bonchev–Trinajstić information content (AvgIpc) is 2.05. The fourth-order valence-electron chi connectivity index (χ4n) is 0.907.